The minimum atomic E-state index is -0.361. The van der Waals surface area contributed by atoms with Gasteiger partial charge in [-0.25, -0.2) is 4.39 Å². The van der Waals surface area contributed by atoms with Gasteiger partial charge in [-0.1, -0.05) is 5.16 Å². The maximum atomic E-state index is 12.9. The molecule has 0 bridgehead atoms. The average molecular weight is 439 g/mol. The van der Waals surface area contributed by atoms with Crippen LogP contribution in [0.5, 0.6) is 5.75 Å². The molecule has 3 heterocycles. The maximum Gasteiger partial charge on any atom is 0.260 e. The first kappa shape index (κ1) is 21.4. The second-order valence-corrected chi connectivity index (χ2v) is 7.50. The lowest BCUT2D eigenvalue weighted by Crippen LogP contribution is -2.50. The molecule has 1 aromatic carbocycles. The Balaban J connectivity index is 1.20. The maximum absolute atomic E-state index is 12.9. The zero-order valence-electron chi connectivity index (χ0n) is 17.5. The van der Waals surface area contributed by atoms with Crippen molar-refractivity contribution in [3.8, 4) is 5.75 Å². The number of rotatable bonds is 8. The zero-order chi connectivity index (χ0) is 22.5. The lowest BCUT2D eigenvalue weighted by Gasteiger charge is -2.36. The van der Waals surface area contributed by atoms with Crippen LogP contribution in [-0.2, 0) is 11.2 Å². The van der Waals surface area contributed by atoms with E-state index in [1.54, 1.807) is 41.4 Å². The highest BCUT2D eigenvalue weighted by Crippen LogP contribution is 2.26. The highest BCUT2D eigenvalue weighted by atomic mass is 19.1. The predicted molar refractivity (Wildman–Crippen MR) is 110 cm³/mol. The van der Waals surface area contributed by atoms with Gasteiger partial charge in [-0.15, -0.1) is 0 Å². The summed E-state index contributed by atoms with van der Waals surface area (Å²) in [5.41, 5.74) is 0.568. The van der Waals surface area contributed by atoms with Crippen molar-refractivity contribution in [3.05, 3.63) is 71.9 Å². The standard InChI is InChI=1S/C22H22FN5O4/c1-27(22(30)15-6-9-24-10-7-15)11-8-19-25-21(32-26-19)16-12-28(13-16)20(29)14-31-18-4-2-17(23)3-5-18/h2-7,9-10,16H,8,11-14H2,1H3. The van der Waals surface area contributed by atoms with E-state index in [1.807, 2.05) is 0 Å². The van der Waals surface area contributed by atoms with Gasteiger partial charge in [-0.05, 0) is 36.4 Å². The van der Waals surface area contributed by atoms with Crippen molar-refractivity contribution in [1.29, 1.82) is 0 Å². The summed E-state index contributed by atoms with van der Waals surface area (Å²) in [6, 6.07) is 8.84. The van der Waals surface area contributed by atoms with Crippen LogP contribution in [0.4, 0.5) is 4.39 Å². The van der Waals surface area contributed by atoms with Crippen LogP contribution >= 0.6 is 0 Å². The predicted octanol–water partition coefficient (Wildman–Crippen LogP) is 1.92. The van der Waals surface area contributed by atoms with E-state index in [-0.39, 0.29) is 30.2 Å². The fourth-order valence-electron chi connectivity index (χ4n) is 3.22. The fraction of sp³-hybridized carbons (Fsp3) is 0.318. The number of nitrogens with zero attached hydrogens (tertiary/aromatic N) is 5. The molecule has 0 N–H and O–H groups in total. The number of likely N-dealkylation sites (N-methyl/N-ethyl adjacent to an activating group) is 1. The van der Waals surface area contributed by atoms with Crippen LogP contribution in [0.15, 0.2) is 53.3 Å². The van der Waals surface area contributed by atoms with Gasteiger partial charge in [0.05, 0.1) is 5.92 Å². The van der Waals surface area contributed by atoms with Gasteiger partial charge in [0, 0.05) is 51.1 Å². The molecule has 9 nitrogen and oxygen atoms in total. The summed E-state index contributed by atoms with van der Waals surface area (Å²) >= 11 is 0. The second-order valence-electron chi connectivity index (χ2n) is 7.50. The van der Waals surface area contributed by atoms with E-state index >= 15 is 0 Å². The molecule has 0 spiro atoms. The van der Waals surface area contributed by atoms with Crippen LogP contribution in [0, 0.1) is 5.82 Å². The lowest BCUT2D eigenvalue weighted by atomic mass is 10.0. The van der Waals surface area contributed by atoms with Crippen molar-refractivity contribution in [2.45, 2.75) is 12.3 Å². The number of carbonyl (C=O) groups is 2. The molecule has 1 aliphatic heterocycles. The fourth-order valence-corrected chi connectivity index (χ4v) is 3.22. The molecular formula is C22H22FN5O4. The van der Waals surface area contributed by atoms with Gasteiger partial charge in [0.2, 0.25) is 5.89 Å². The number of halogens is 1. The largest absolute Gasteiger partial charge is 0.484 e. The molecule has 1 fully saturated rings. The molecule has 0 atom stereocenters. The SMILES string of the molecule is CN(CCc1noc(C2CN(C(=O)COc3ccc(F)cc3)C2)n1)C(=O)c1ccncc1. The molecule has 1 aliphatic rings. The number of carbonyl (C=O) groups excluding carboxylic acids is 2. The number of hydrogen-bond donors (Lipinski definition) is 0. The molecule has 2 amide bonds. The van der Waals surface area contributed by atoms with Crippen LogP contribution in [0.25, 0.3) is 0 Å². The quantitative estimate of drug-likeness (QED) is 0.528. The van der Waals surface area contributed by atoms with Crippen LogP contribution in [0.2, 0.25) is 0 Å². The highest BCUT2D eigenvalue weighted by molar-refractivity contribution is 5.93. The van der Waals surface area contributed by atoms with E-state index in [2.05, 4.69) is 15.1 Å². The number of hydrogen-bond acceptors (Lipinski definition) is 7. The van der Waals surface area contributed by atoms with E-state index in [9.17, 15) is 14.0 Å². The topological polar surface area (TPSA) is 102 Å². The van der Waals surface area contributed by atoms with E-state index in [1.165, 1.54) is 24.3 Å². The van der Waals surface area contributed by atoms with E-state index < -0.39 is 0 Å². The summed E-state index contributed by atoms with van der Waals surface area (Å²) in [7, 11) is 1.72. The summed E-state index contributed by atoms with van der Waals surface area (Å²) in [6.07, 6.45) is 3.61. The van der Waals surface area contributed by atoms with Gasteiger partial charge >= 0.3 is 0 Å². The Labute approximate surface area is 183 Å². The Morgan fingerprint density at radius 1 is 1.19 bits per heavy atom. The molecule has 4 rings (SSSR count). The molecule has 10 heteroatoms. The van der Waals surface area contributed by atoms with Gasteiger partial charge in [0.25, 0.3) is 11.8 Å². The number of pyridine rings is 1. The molecule has 0 radical (unpaired) electrons. The van der Waals surface area contributed by atoms with E-state index in [4.69, 9.17) is 9.26 Å². The van der Waals surface area contributed by atoms with Crippen molar-refractivity contribution in [1.82, 2.24) is 24.9 Å². The van der Waals surface area contributed by atoms with Gasteiger partial charge in [0.15, 0.2) is 12.4 Å². The Hall–Kier alpha value is -3.82. The minimum absolute atomic E-state index is 0.0257. The first-order valence-corrected chi connectivity index (χ1v) is 10.1. The van der Waals surface area contributed by atoms with Crippen molar-refractivity contribution >= 4 is 11.8 Å². The number of likely N-dealkylation sites (tertiary alicyclic amines) is 1. The van der Waals surface area contributed by atoms with Gasteiger partial charge in [-0.3, -0.25) is 14.6 Å². The molecule has 2 aromatic heterocycles. The van der Waals surface area contributed by atoms with Crippen LogP contribution in [-0.4, -0.2) is 70.0 Å². The molecule has 166 valence electrons. The number of ether oxygens (including phenoxy) is 1. The summed E-state index contributed by atoms with van der Waals surface area (Å²) in [5, 5.41) is 3.98. The van der Waals surface area contributed by atoms with Crippen molar-refractivity contribution in [2.75, 3.05) is 33.3 Å². The number of amides is 2. The summed E-state index contributed by atoms with van der Waals surface area (Å²) in [5.74, 6) is 0.771. The summed E-state index contributed by atoms with van der Waals surface area (Å²) in [6.45, 7) is 1.25. The minimum Gasteiger partial charge on any atom is -0.484 e. The number of benzene rings is 1. The summed E-state index contributed by atoms with van der Waals surface area (Å²) < 4.78 is 23.6. The third-order valence-corrected chi connectivity index (χ3v) is 5.19. The van der Waals surface area contributed by atoms with Crippen LogP contribution < -0.4 is 4.74 Å². The molecule has 1 saturated heterocycles. The van der Waals surface area contributed by atoms with Gasteiger partial charge in [-0.2, -0.15) is 4.98 Å². The molecule has 0 saturated carbocycles. The number of aromatic nitrogens is 3. The van der Waals surface area contributed by atoms with E-state index in [0.717, 1.165) is 0 Å². The molecule has 3 aromatic rings. The smallest absolute Gasteiger partial charge is 0.260 e. The lowest BCUT2D eigenvalue weighted by molar-refractivity contribution is -0.138. The normalized spacial score (nSPS) is 13.5. The Kier molecular flexibility index (Phi) is 6.39. The monoisotopic (exact) mass is 439 g/mol. The van der Waals surface area contributed by atoms with Crippen molar-refractivity contribution in [3.63, 3.8) is 0 Å². The Morgan fingerprint density at radius 3 is 2.62 bits per heavy atom. The zero-order valence-corrected chi connectivity index (χ0v) is 17.5. The van der Waals surface area contributed by atoms with Crippen molar-refractivity contribution < 1.29 is 23.2 Å². The molecular weight excluding hydrogens is 417 g/mol. The molecule has 0 aliphatic carbocycles. The van der Waals surface area contributed by atoms with Crippen LogP contribution in [0.1, 0.15) is 28.0 Å². The molecule has 0 unspecified atom stereocenters. The first-order chi connectivity index (χ1) is 15.5. The first-order valence-electron chi connectivity index (χ1n) is 10.1. The van der Waals surface area contributed by atoms with Gasteiger partial charge < -0.3 is 19.1 Å². The van der Waals surface area contributed by atoms with Crippen LogP contribution in [0.3, 0.4) is 0 Å². The van der Waals surface area contributed by atoms with E-state index in [0.29, 0.717) is 49.1 Å². The second kappa shape index (κ2) is 9.54. The third kappa shape index (κ3) is 5.08. The Bertz CT molecular complexity index is 1070. The van der Waals surface area contributed by atoms with Gasteiger partial charge in [0.1, 0.15) is 11.6 Å². The molecule has 32 heavy (non-hydrogen) atoms. The Morgan fingerprint density at radius 2 is 1.91 bits per heavy atom. The van der Waals surface area contributed by atoms with Crippen molar-refractivity contribution in [2.24, 2.45) is 0 Å². The summed E-state index contributed by atoms with van der Waals surface area (Å²) in [4.78, 5) is 36.1. The average Bonchev–Trinajstić information content (AvgIpc) is 3.24. The third-order valence-electron chi connectivity index (χ3n) is 5.19. The highest BCUT2D eigenvalue weighted by Gasteiger charge is 2.35.